The van der Waals surface area contributed by atoms with Crippen LogP contribution < -0.4 is 5.32 Å². The lowest BCUT2D eigenvalue weighted by Gasteiger charge is -2.10. The van der Waals surface area contributed by atoms with Gasteiger partial charge in [-0.2, -0.15) is 5.10 Å². The van der Waals surface area contributed by atoms with Gasteiger partial charge in [0.15, 0.2) is 12.4 Å². The quantitative estimate of drug-likeness (QED) is 0.440. The Hall–Kier alpha value is -3.45. The molecular weight excluding hydrogens is 418 g/mol. The topological polar surface area (TPSA) is 90.3 Å². The molecule has 1 heterocycles. The molecule has 0 fully saturated rings. The fourth-order valence-electron chi connectivity index (χ4n) is 3.22. The molecule has 2 aromatic carbocycles. The Labute approximate surface area is 185 Å². The van der Waals surface area contributed by atoms with E-state index in [2.05, 4.69) is 10.4 Å². The lowest BCUT2D eigenvalue weighted by Crippen LogP contribution is -2.22. The number of para-hydroxylation sites is 1. The Kier molecular flexibility index (Phi) is 6.87. The summed E-state index contributed by atoms with van der Waals surface area (Å²) in [7, 11) is 0. The summed E-state index contributed by atoms with van der Waals surface area (Å²) in [4.78, 5) is 36.5. The van der Waals surface area contributed by atoms with E-state index < -0.39 is 18.5 Å². The highest BCUT2D eigenvalue weighted by molar-refractivity contribution is 6.31. The van der Waals surface area contributed by atoms with Crippen LogP contribution in [-0.2, 0) is 16.1 Å². The summed E-state index contributed by atoms with van der Waals surface area (Å²) in [6, 6.07) is 14.0. The van der Waals surface area contributed by atoms with Gasteiger partial charge in [0.25, 0.3) is 5.91 Å². The van der Waals surface area contributed by atoms with Crippen molar-refractivity contribution in [1.29, 1.82) is 0 Å². The molecule has 0 aliphatic carbocycles. The van der Waals surface area contributed by atoms with Crippen LogP contribution in [0, 0.1) is 13.8 Å². The summed E-state index contributed by atoms with van der Waals surface area (Å²) in [6.07, 6.45) is 0. The van der Waals surface area contributed by atoms with Crippen molar-refractivity contribution in [3.05, 3.63) is 81.6 Å². The molecule has 7 nitrogen and oxygen atoms in total. The number of aromatic nitrogens is 2. The molecule has 1 aromatic heterocycles. The molecule has 0 saturated heterocycles. The van der Waals surface area contributed by atoms with E-state index in [-0.39, 0.29) is 5.78 Å². The Morgan fingerprint density at radius 1 is 1.06 bits per heavy atom. The van der Waals surface area contributed by atoms with Crippen molar-refractivity contribution in [3.63, 3.8) is 0 Å². The van der Waals surface area contributed by atoms with E-state index in [1.165, 1.54) is 6.92 Å². The number of amides is 1. The number of anilines is 1. The van der Waals surface area contributed by atoms with E-state index in [1.54, 1.807) is 48.9 Å². The molecule has 0 aliphatic rings. The number of carbonyl (C=O) groups is 3. The second-order valence-corrected chi connectivity index (χ2v) is 7.43. The van der Waals surface area contributed by atoms with Crippen molar-refractivity contribution >= 4 is 34.9 Å². The van der Waals surface area contributed by atoms with Crippen molar-refractivity contribution < 1.29 is 19.1 Å². The maximum Gasteiger partial charge on any atom is 0.342 e. The largest absolute Gasteiger partial charge is 0.452 e. The zero-order valence-electron chi connectivity index (χ0n) is 17.4. The van der Waals surface area contributed by atoms with Crippen LogP contribution in [0.4, 0.5) is 5.69 Å². The molecule has 0 aliphatic heterocycles. The Morgan fingerprint density at radius 2 is 1.74 bits per heavy atom. The number of nitrogens with one attached hydrogen (secondary N) is 1. The first kappa shape index (κ1) is 22.2. The molecule has 160 valence electrons. The Bertz CT molecular complexity index is 1150. The van der Waals surface area contributed by atoms with Gasteiger partial charge in [0.05, 0.1) is 23.6 Å². The van der Waals surface area contributed by atoms with Crippen LogP contribution in [0.5, 0.6) is 0 Å². The second kappa shape index (κ2) is 9.57. The molecular formula is C23H22ClN3O4. The third-order valence-corrected chi connectivity index (χ3v) is 5.15. The Morgan fingerprint density at radius 3 is 2.45 bits per heavy atom. The maximum atomic E-state index is 12.6. The van der Waals surface area contributed by atoms with Crippen LogP contribution in [0.2, 0.25) is 5.02 Å². The van der Waals surface area contributed by atoms with Gasteiger partial charge in [-0.05, 0) is 44.5 Å². The Balaban J connectivity index is 1.67. The van der Waals surface area contributed by atoms with Gasteiger partial charge in [-0.15, -0.1) is 0 Å². The van der Waals surface area contributed by atoms with E-state index in [4.69, 9.17) is 16.3 Å². The number of esters is 1. The summed E-state index contributed by atoms with van der Waals surface area (Å²) in [5, 5.41) is 7.62. The number of hydrogen-bond acceptors (Lipinski definition) is 5. The van der Waals surface area contributed by atoms with E-state index in [0.29, 0.717) is 39.8 Å². The molecule has 1 N–H and O–H groups in total. The van der Waals surface area contributed by atoms with Crippen molar-refractivity contribution in [1.82, 2.24) is 9.78 Å². The lowest BCUT2D eigenvalue weighted by molar-refractivity contribution is -0.119. The molecule has 0 spiro atoms. The number of aryl methyl sites for hydroxylation is 1. The van der Waals surface area contributed by atoms with Gasteiger partial charge in [0, 0.05) is 10.6 Å². The van der Waals surface area contributed by atoms with Crippen LogP contribution >= 0.6 is 11.6 Å². The first-order chi connectivity index (χ1) is 14.8. The molecule has 31 heavy (non-hydrogen) atoms. The molecule has 0 saturated carbocycles. The number of halogens is 1. The van der Waals surface area contributed by atoms with E-state index in [0.717, 1.165) is 5.56 Å². The minimum absolute atomic E-state index is 0.176. The fourth-order valence-corrected chi connectivity index (χ4v) is 3.42. The minimum Gasteiger partial charge on any atom is -0.452 e. The fraction of sp³-hybridized carbons (Fsp3) is 0.217. The van der Waals surface area contributed by atoms with Gasteiger partial charge >= 0.3 is 5.97 Å². The van der Waals surface area contributed by atoms with Crippen molar-refractivity contribution in [2.24, 2.45) is 0 Å². The molecule has 1 amide bonds. The van der Waals surface area contributed by atoms with Crippen LogP contribution in [0.1, 0.15) is 44.6 Å². The molecule has 3 aromatic rings. The van der Waals surface area contributed by atoms with Gasteiger partial charge in [-0.25, -0.2) is 4.79 Å². The number of carbonyl (C=O) groups excluding carboxylic acids is 3. The summed E-state index contributed by atoms with van der Waals surface area (Å²) < 4.78 is 6.87. The highest BCUT2D eigenvalue weighted by atomic mass is 35.5. The molecule has 0 unspecified atom stereocenters. The maximum absolute atomic E-state index is 12.6. The predicted molar refractivity (Wildman–Crippen MR) is 118 cm³/mol. The third kappa shape index (κ3) is 5.19. The van der Waals surface area contributed by atoms with Gasteiger partial charge in [-0.3, -0.25) is 14.3 Å². The molecule has 0 radical (unpaired) electrons. The van der Waals surface area contributed by atoms with E-state index >= 15 is 0 Å². The lowest BCUT2D eigenvalue weighted by atomic mass is 10.1. The van der Waals surface area contributed by atoms with E-state index in [1.807, 2.05) is 18.2 Å². The van der Waals surface area contributed by atoms with Crippen molar-refractivity contribution in [2.75, 3.05) is 11.9 Å². The van der Waals surface area contributed by atoms with Crippen LogP contribution in [0.3, 0.4) is 0 Å². The van der Waals surface area contributed by atoms with Gasteiger partial charge in [-0.1, -0.05) is 41.9 Å². The normalized spacial score (nSPS) is 10.6. The smallest absolute Gasteiger partial charge is 0.342 e. The highest BCUT2D eigenvalue weighted by Gasteiger charge is 2.21. The molecule has 0 atom stereocenters. The average Bonchev–Trinajstić information content (AvgIpc) is 3.01. The molecule has 0 bridgehead atoms. The average molecular weight is 440 g/mol. The number of Topliss-reactive ketones (excluding diaryl/α,β-unsaturated/α-hetero) is 1. The highest BCUT2D eigenvalue weighted by Crippen LogP contribution is 2.20. The van der Waals surface area contributed by atoms with Crippen molar-refractivity contribution in [3.8, 4) is 0 Å². The van der Waals surface area contributed by atoms with Gasteiger partial charge in [0.2, 0.25) is 0 Å². The first-order valence-electron chi connectivity index (χ1n) is 9.62. The monoisotopic (exact) mass is 439 g/mol. The standard InChI is InChI=1S/C23H22ClN3O4/c1-14-22(15(2)27(26-14)12-17-8-4-6-10-19(17)24)23(30)31-13-21(29)25-20-11-7-5-9-18(20)16(3)28/h4-11H,12-13H2,1-3H3,(H,25,29). The zero-order valence-corrected chi connectivity index (χ0v) is 18.2. The van der Waals surface area contributed by atoms with Crippen molar-refractivity contribution in [2.45, 2.75) is 27.3 Å². The SMILES string of the molecule is CC(=O)c1ccccc1NC(=O)COC(=O)c1c(C)nn(Cc2ccccc2Cl)c1C. The third-order valence-electron chi connectivity index (χ3n) is 4.78. The van der Waals surface area contributed by atoms with Gasteiger partial charge in [0.1, 0.15) is 5.56 Å². The summed E-state index contributed by atoms with van der Waals surface area (Å²) in [5.41, 5.74) is 3.05. The number of ether oxygens (including phenoxy) is 1. The minimum atomic E-state index is -0.643. The van der Waals surface area contributed by atoms with E-state index in [9.17, 15) is 14.4 Å². The number of rotatable bonds is 7. The van der Waals surface area contributed by atoms with Gasteiger partial charge < -0.3 is 10.1 Å². The van der Waals surface area contributed by atoms with Crippen LogP contribution in [0.25, 0.3) is 0 Å². The second-order valence-electron chi connectivity index (χ2n) is 7.02. The first-order valence-corrected chi connectivity index (χ1v) is 10.00. The summed E-state index contributed by atoms with van der Waals surface area (Å²) >= 11 is 6.22. The van der Waals surface area contributed by atoms with Crippen LogP contribution in [-0.4, -0.2) is 34.0 Å². The molecule has 8 heteroatoms. The number of nitrogens with zero attached hydrogens (tertiary/aromatic N) is 2. The number of ketones is 1. The zero-order chi connectivity index (χ0) is 22.5. The number of benzene rings is 2. The summed E-state index contributed by atoms with van der Waals surface area (Å²) in [6.45, 7) is 4.80. The predicted octanol–water partition coefficient (Wildman–Crippen LogP) is 4.20. The summed E-state index contributed by atoms with van der Waals surface area (Å²) in [5.74, 6) is -1.36. The van der Waals surface area contributed by atoms with Crippen LogP contribution in [0.15, 0.2) is 48.5 Å². The molecule has 3 rings (SSSR count). The number of hydrogen-bond donors (Lipinski definition) is 1.